The average Bonchev–Trinajstić information content (AvgIpc) is 2.72. The van der Waals surface area contributed by atoms with Crippen molar-refractivity contribution < 1.29 is 0 Å². The van der Waals surface area contributed by atoms with E-state index in [-0.39, 0.29) is 0 Å². The molecule has 0 aromatic rings. The van der Waals surface area contributed by atoms with E-state index < -0.39 is 0 Å². The lowest BCUT2D eigenvalue weighted by Gasteiger charge is -2.24. The Balaban J connectivity index is 1.91. The van der Waals surface area contributed by atoms with E-state index in [0.717, 1.165) is 5.41 Å². The highest BCUT2D eigenvalue weighted by Crippen LogP contribution is 2.56. The Kier molecular flexibility index (Phi) is 1.27. The van der Waals surface area contributed by atoms with Crippen LogP contribution in [0.25, 0.3) is 0 Å². The predicted octanol–water partition coefficient (Wildman–Crippen LogP) is 2.59. The number of hydrogen-bond donors (Lipinski definition) is 0. The van der Waals surface area contributed by atoms with Crippen LogP contribution in [0.3, 0.4) is 0 Å². The van der Waals surface area contributed by atoms with Crippen LogP contribution in [0.4, 0.5) is 0 Å². The summed E-state index contributed by atoms with van der Waals surface area (Å²) in [6.07, 6.45) is 13.8. The zero-order chi connectivity index (χ0) is 7.03. The molecule has 0 nitrogen and oxygen atoms in total. The highest BCUT2D eigenvalue weighted by Gasteiger charge is 2.44. The second-order valence-corrected chi connectivity index (χ2v) is 3.94. The SMILES string of the molecule is C#CC1CCC2(CC1)CC2. The van der Waals surface area contributed by atoms with Crippen LogP contribution in [0.5, 0.6) is 0 Å². The minimum Gasteiger partial charge on any atom is -0.120 e. The van der Waals surface area contributed by atoms with Crippen molar-refractivity contribution in [2.24, 2.45) is 11.3 Å². The molecule has 0 radical (unpaired) electrons. The summed E-state index contributed by atoms with van der Waals surface area (Å²) in [6, 6.07) is 0. The van der Waals surface area contributed by atoms with E-state index in [4.69, 9.17) is 6.42 Å². The summed E-state index contributed by atoms with van der Waals surface area (Å²) < 4.78 is 0. The first kappa shape index (κ1) is 6.28. The Morgan fingerprint density at radius 1 is 1.10 bits per heavy atom. The Morgan fingerprint density at radius 2 is 1.70 bits per heavy atom. The van der Waals surface area contributed by atoms with Gasteiger partial charge in [-0.1, -0.05) is 0 Å². The van der Waals surface area contributed by atoms with Gasteiger partial charge in [0.1, 0.15) is 0 Å². The molecule has 1 spiro atoms. The zero-order valence-corrected chi connectivity index (χ0v) is 6.40. The van der Waals surface area contributed by atoms with Gasteiger partial charge in [-0.2, -0.15) is 0 Å². The molecule has 2 aliphatic carbocycles. The van der Waals surface area contributed by atoms with Gasteiger partial charge in [0.15, 0.2) is 0 Å². The summed E-state index contributed by atoms with van der Waals surface area (Å²) in [5.41, 5.74) is 0.813. The fourth-order valence-electron chi connectivity index (χ4n) is 2.07. The molecule has 0 N–H and O–H groups in total. The van der Waals surface area contributed by atoms with Crippen LogP contribution < -0.4 is 0 Å². The van der Waals surface area contributed by atoms with Crippen molar-refractivity contribution in [1.29, 1.82) is 0 Å². The van der Waals surface area contributed by atoms with Gasteiger partial charge >= 0.3 is 0 Å². The monoisotopic (exact) mass is 134 g/mol. The highest BCUT2D eigenvalue weighted by atomic mass is 14.5. The lowest BCUT2D eigenvalue weighted by Crippen LogP contribution is -2.13. The third-order valence-corrected chi connectivity index (χ3v) is 3.24. The van der Waals surface area contributed by atoms with E-state index in [2.05, 4.69) is 5.92 Å². The van der Waals surface area contributed by atoms with Crippen LogP contribution >= 0.6 is 0 Å². The maximum atomic E-state index is 5.36. The van der Waals surface area contributed by atoms with Crippen LogP contribution in [0.15, 0.2) is 0 Å². The molecule has 0 amide bonds. The van der Waals surface area contributed by atoms with Crippen molar-refractivity contribution in [2.75, 3.05) is 0 Å². The maximum Gasteiger partial charge on any atom is 0.0200 e. The predicted molar refractivity (Wildman–Crippen MR) is 42.5 cm³/mol. The zero-order valence-electron chi connectivity index (χ0n) is 6.40. The van der Waals surface area contributed by atoms with Crippen molar-refractivity contribution in [2.45, 2.75) is 38.5 Å². The van der Waals surface area contributed by atoms with E-state index in [1.165, 1.54) is 38.5 Å². The van der Waals surface area contributed by atoms with E-state index in [9.17, 15) is 0 Å². The summed E-state index contributed by atoms with van der Waals surface area (Å²) in [7, 11) is 0. The minimum atomic E-state index is 0.617. The molecule has 0 heterocycles. The largest absolute Gasteiger partial charge is 0.120 e. The quantitative estimate of drug-likeness (QED) is 0.447. The first-order valence-electron chi connectivity index (χ1n) is 4.31. The molecule has 0 heteroatoms. The molecule has 0 unspecified atom stereocenters. The fourth-order valence-corrected chi connectivity index (χ4v) is 2.07. The molecule has 2 saturated carbocycles. The number of rotatable bonds is 0. The van der Waals surface area contributed by atoms with E-state index in [1.807, 2.05) is 0 Å². The standard InChI is InChI=1S/C10H14/c1-2-9-3-5-10(6-4-9)7-8-10/h1,9H,3-8H2. The third-order valence-electron chi connectivity index (χ3n) is 3.24. The molecular weight excluding hydrogens is 120 g/mol. The van der Waals surface area contributed by atoms with Gasteiger partial charge in [0.25, 0.3) is 0 Å². The Bertz CT molecular complexity index is 159. The molecule has 2 fully saturated rings. The topological polar surface area (TPSA) is 0 Å². The van der Waals surface area contributed by atoms with Crippen LogP contribution in [0.1, 0.15) is 38.5 Å². The van der Waals surface area contributed by atoms with Crippen LogP contribution in [0.2, 0.25) is 0 Å². The van der Waals surface area contributed by atoms with Gasteiger partial charge in [-0.15, -0.1) is 12.3 Å². The van der Waals surface area contributed by atoms with Gasteiger partial charge in [-0.25, -0.2) is 0 Å². The van der Waals surface area contributed by atoms with Crippen LogP contribution in [-0.4, -0.2) is 0 Å². The first-order valence-corrected chi connectivity index (χ1v) is 4.31. The van der Waals surface area contributed by atoms with Gasteiger partial charge < -0.3 is 0 Å². The van der Waals surface area contributed by atoms with Crippen molar-refractivity contribution in [3.63, 3.8) is 0 Å². The lowest BCUT2D eigenvalue weighted by atomic mass is 9.80. The molecule has 2 rings (SSSR count). The molecule has 2 aliphatic rings. The Hall–Kier alpha value is -0.440. The average molecular weight is 134 g/mol. The maximum absolute atomic E-state index is 5.36. The van der Waals surface area contributed by atoms with Gasteiger partial charge in [0, 0.05) is 5.92 Å². The van der Waals surface area contributed by atoms with Crippen molar-refractivity contribution >= 4 is 0 Å². The molecule has 0 aromatic carbocycles. The second kappa shape index (κ2) is 2.02. The Morgan fingerprint density at radius 3 is 2.10 bits per heavy atom. The third kappa shape index (κ3) is 0.944. The molecule has 54 valence electrons. The summed E-state index contributed by atoms with van der Waals surface area (Å²) in [6.45, 7) is 0. The molecular formula is C10H14. The van der Waals surface area contributed by atoms with Gasteiger partial charge in [0.2, 0.25) is 0 Å². The highest BCUT2D eigenvalue weighted by molar-refractivity contribution is 5.02. The minimum absolute atomic E-state index is 0.617. The van der Waals surface area contributed by atoms with Crippen LogP contribution in [0, 0.1) is 23.7 Å². The summed E-state index contributed by atoms with van der Waals surface area (Å²) in [5.74, 6) is 3.49. The smallest absolute Gasteiger partial charge is 0.0200 e. The second-order valence-electron chi connectivity index (χ2n) is 3.94. The van der Waals surface area contributed by atoms with Crippen molar-refractivity contribution in [3.05, 3.63) is 0 Å². The molecule has 0 saturated heterocycles. The normalized spacial score (nSPS) is 29.9. The fraction of sp³-hybridized carbons (Fsp3) is 0.800. The van der Waals surface area contributed by atoms with Gasteiger partial charge in [-0.3, -0.25) is 0 Å². The lowest BCUT2D eigenvalue weighted by molar-refractivity contribution is 0.297. The van der Waals surface area contributed by atoms with Crippen molar-refractivity contribution in [1.82, 2.24) is 0 Å². The summed E-state index contributed by atoms with van der Waals surface area (Å²) in [5, 5.41) is 0. The molecule has 0 aliphatic heterocycles. The molecule has 0 bridgehead atoms. The summed E-state index contributed by atoms with van der Waals surface area (Å²) >= 11 is 0. The van der Waals surface area contributed by atoms with E-state index in [0.29, 0.717) is 5.92 Å². The first-order chi connectivity index (χ1) is 4.85. The molecule has 10 heavy (non-hydrogen) atoms. The number of hydrogen-bond acceptors (Lipinski definition) is 0. The summed E-state index contributed by atoms with van der Waals surface area (Å²) in [4.78, 5) is 0. The van der Waals surface area contributed by atoms with E-state index >= 15 is 0 Å². The Labute approximate surface area is 63.0 Å². The van der Waals surface area contributed by atoms with Crippen molar-refractivity contribution in [3.8, 4) is 12.3 Å². The number of terminal acetylenes is 1. The van der Waals surface area contributed by atoms with Gasteiger partial charge in [0.05, 0.1) is 0 Å². The van der Waals surface area contributed by atoms with E-state index in [1.54, 1.807) is 0 Å². The van der Waals surface area contributed by atoms with Crippen LogP contribution in [-0.2, 0) is 0 Å². The van der Waals surface area contributed by atoms with Gasteiger partial charge in [-0.05, 0) is 43.9 Å². The molecule has 0 aromatic heterocycles. The molecule has 0 atom stereocenters.